The topological polar surface area (TPSA) is 142 Å². The van der Waals surface area contributed by atoms with Crippen LogP contribution in [0.4, 0.5) is 11.6 Å². The van der Waals surface area contributed by atoms with Crippen LogP contribution in [-0.2, 0) is 13.0 Å². The molecule has 172 valence electrons. The monoisotopic (exact) mass is 457 g/mol. The summed E-state index contributed by atoms with van der Waals surface area (Å²) in [4.78, 5) is 28.3. The number of nitrogens with zero attached hydrogens (tertiary/aromatic N) is 5. The zero-order chi connectivity index (χ0) is 24.0. The average molecular weight is 457 g/mol. The number of nitrogens with one attached hydrogen (secondary N) is 1. The summed E-state index contributed by atoms with van der Waals surface area (Å²) < 4.78 is 1.79. The van der Waals surface area contributed by atoms with Crippen LogP contribution >= 0.6 is 0 Å². The number of hydrogen-bond acceptors (Lipinski definition) is 8. The maximum atomic E-state index is 11.9. The Balaban J connectivity index is 1.58. The van der Waals surface area contributed by atoms with Crippen molar-refractivity contribution >= 4 is 35.8 Å². The first-order valence-corrected chi connectivity index (χ1v) is 10.9. The molecular formula is C23H24BN7O3. The molecule has 1 aliphatic heterocycles. The summed E-state index contributed by atoms with van der Waals surface area (Å²) in [7, 11) is 0.470. The van der Waals surface area contributed by atoms with Gasteiger partial charge < -0.3 is 26.0 Å². The van der Waals surface area contributed by atoms with Gasteiger partial charge in [-0.3, -0.25) is 9.20 Å². The fourth-order valence-electron chi connectivity index (χ4n) is 4.35. The third-order valence-electron chi connectivity index (χ3n) is 6.05. The third kappa shape index (κ3) is 3.74. The van der Waals surface area contributed by atoms with Gasteiger partial charge in [0.15, 0.2) is 5.82 Å². The Bertz CT molecular complexity index is 1420. The highest BCUT2D eigenvalue weighted by Gasteiger charge is 2.26. The lowest BCUT2D eigenvalue weighted by molar-refractivity contribution is 0.100. The van der Waals surface area contributed by atoms with E-state index < -0.39 is 13.0 Å². The van der Waals surface area contributed by atoms with Crippen LogP contribution in [0.1, 0.15) is 27.2 Å². The number of likely N-dealkylation sites (N-methyl/N-ethyl adjacent to an activating group) is 1. The molecule has 10 nitrogen and oxygen atoms in total. The molecule has 4 heterocycles. The lowest BCUT2D eigenvalue weighted by Gasteiger charge is -2.15. The fraction of sp³-hybridized carbons (Fsp3) is 0.217. The highest BCUT2D eigenvalue weighted by molar-refractivity contribution is 6.58. The second-order valence-corrected chi connectivity index (χ2v) is 8.37. The van der Waals surface area contributed by atoms with E-state index in [0.29, 0.717) is 46.2 Å². The number of pyridine rings is 1. The van der Waals surface area contributed by atoms with Crippen molar-refractivity contribution in [3.8, 4) is 11.5 Å². The molecule has 1 aliphatic rings. The van der Waals surface area contributed by atoms with Crippen molar-refractivity contribution in [2.75, 3.05) is 23.8 Å². The number of benzene rings is 1. The molecule has 0 unspecified atom stereocenters. The van der Waals surface area contributed by atoms with Gasteiger partial charge in [0.05, 0.1) is 11.3 Å². The highest BCUT2D eigenvalue weighted by Crippen LogP contribution is 2.34. The Morgan fingerprint density at radius 2 is 2.03 bits per heavy atom. The smallest absolute Gasteiger partial charge is 0.423 e. The molecule has 0 saturated heterocycles. The summed E-state index contributed by atoms with van der Waals surface area (Å²) in [6.45, 7) is 3.13. The predicted octanol–water partition coefficient (Wildman–Crippen LogP) is 0.483. The number of primary amides is 1. The number of nitrogens with two attached hydrogens (primary N) is 1. The van der Waals surface area contributed by atoms with Crippen LogP contribution in [0.15, 0.2) is 42.6 Å². The predicted molar refractivity (Wildman–Crippen MR) is 130 cm³/mol. The number of fused-ring (bicyclic) bond motifs is 2. The van der Waals surface area contributed by atoms with Crippen molar-refractivity contribution < 1.29 is 14.8 Å². The van der Waals surface area contributed by atoms with E-state index in [1.54, 1.807) is 34.7 Å². The molecule has 0 aliphatic carbocycles. The minimum atomic E-state index is -1.52. The minimum absolute atomic E-state index is 0.333. The second-order valence-electron chi connectivity index (χ2n) is 8.37. The summed E-state index contributed by atoms with van der Waals surface area (Å²) in [5, 5.41) is 22.3. The van der Waals surface area contributed by atoms with E-state index in [2.05, 4.69) is 15.2 Å². The standard InChI is InChI=1S/C23H24BN7O3/c1-13-18(31-9-4-7-16(19(25)32)23(31)27-13)21-28-20(17-8-10-30(2)22(17)29-21)26-12-14-5-3-6-15(11-14)24(33)34/h3-7,9,11,33-34H,8,10,12H2,1-2H3,(H2,25,32)(H,26,28,29). The van der Waals surface area contributed by atoms with Gasteiger partial charge in [0.2, 0.25) is 0 Å². The SMILES string of the molecule is Cc1nc2c(C(N)=O)cccn2c1-c1nc(NCc2cccc(B(O)O)c2)c2c(n1)N(C)CC2. The molecule has 0 fully saturated rings. The van der Waals surface area contributed by atoms with E-state index in [0.717, 1.165) is 29.9 Å². The number of amides is 1. The summed E-state index contributed by atoms with van der Waals surface area (Å²) in [5.74, 6) is 1.49. The number of carbonyl (C=O) groups excluding carboxylic acids is 1. The number of aryl methyl sites for hydroxylation is 1. The summed E-state index contributed by atoms with van der Waals surface area (Å²) >= 11 is 0. The summed E-state index contributed by atoms with van der Waals surface area (Å²) in [6, 6.07) is 10.5. The normalized spacial score (nSPS) is 12.8. The van der Waals surface area contributed by atoms with E-state index >= 15 is 0 Å². The van der Waals surface area contributed by atoms with E-state index in [1.165, 1.54) is 0 Å². The van der Waals surface area contributed by atoms with Gasteiger partial charge in [-0.05, 0) is 36.5 Å². The summed E-state index contributed by atoms with van der Waals surface area (Å²) in [6.07, 6.45) is 2.62. The Hall–Kier alpha value is -3.96. The van der Waals surface area contributed by atoms with E-state index in [1.807, 2.05) is 26.2 Å². The van der Waals surface area contributed by atoms with Gasteiger partial charge in [0.25, 0.3) is 5.91 Å². The Morgan fingerprint density at radius 3 is 2.79 bits per heavy atom. The van der Waals surface area contributed by atoms with Crippen molar-refractivity contribution in [1.29, 1.82) is 0 Å². The average Bonchev–Trinajstić information content (AvgIpc) is 3.36. The number of hydrogen-bond donors (Lipinski definition) is 4. The van der Waals surface area contributed by atoms with Crippen molar-refractivity contribution in [2.24, 2.45) is 5.73 Å². The van der Waals surface area contributed by atoms with Gasteiger partial charge in [-0.2, -0.15) is 0 Å². The number of imidazole rings is 1. The molecule has 1 aromatic carbocycles. The van der Waals surface area contributed by atoms with Crippen LogP contribution < -0.4 is 21.4 Å². The lowest BCUT2D eigenvalue weighted by atomic mass is 9.79. The zero-order valence-corrected chi connectivity index (χ0v) is 18.9. The van der Waals surface area contributed by atoms with Crippen molar-refractivity contribution in [2.45, 2.75) is 19.9 Å². The molecule has 4 aromatic rings. The molecule has 1 amide bonds. The van der Waals surface area contributed by atoms with Gasteiger partial charge in [-0.1, -0.05) is 24.3 Å². The minimum Gasteiger partial charge on any atom is -0.423 e. The van der Waals surface area contributed by atoms with Crippen molar-refractivity contribution in [1.82, 2.24) is 19.4 Å². The van der Waals surface area contributed by atoms with Gasteiger partial charge in [-0.25, -0.2) is 15.0 Å². The number of aromatic nitrogens is 4. The third-order valence-corrected chi connectivity index (χ3v) is 6.05. The van der Waals surface area contributed by atoms with Crippen LogP contribution in [0.25, 0.3) is 17.2 Å². The largest absolute Gasteiger partial charge is 0.488 e. The van der Waals surface area contributed by atoms with Crippen LogP contribution in [0.2, 0.25) is 0 Å². The first-order chi connectivity index (χ1) is 16.3. The van der Waals surface area contributed by atoms with Crippen molar-refractivity contribution in [3.63, 3.8) is 0 Å². The van der Waals surface area contributed by atoms with E-state index in [-0.39, 0.29) is 0 Å². The van der Waals surface area contributed by atoms with Gasteiger partial charge in [0, 0.05) is 31.9 Å². The number of rotatable bonds is 6. The maximum absolute atomic E-state index is 11.9. The van der Waals surface area contributed by atoms with Gasteiger partial charge >= 0.3 is 7.12 Å². The molecule has 5 N–H and O–H groups in total. The van der Waals surface area contributed by atoms with Crippen LogP contribution in [-0.4, -0.2) is 56.0 Å². The Morgan fingerprint density at radius 1 is 1.21 bits per heavy atom. The molecule has 0 spiro atoms. The maximum Gasteiger partial charge on any atom is 0.488 e. The number of carbonyl (C=O) groups is 1. The van der Waals surface area contributed by atoms with Crippen LogP contribution in [0, 0.1) is 6.92 Å². The second kappa shape index (κ2) is 8.43. The molecule has 0 bridgehead atoms. The van der Waals surface area contributed by atoms with Gasteiger partial charge in [-0.15, -0.1) is 0 Å². The van der Waals surface area contributed by atoms with Crippen LogP contribution in [0.5, 0.6) is 0 Å². The van der Waals surface area contributed by atoms with Gasteiger partial charge in [0.1, 0.15) is 23.0 Å². The molecule has 0 atom stereocenters. The molecule has 3 aromatic heterocycles. The molecular weight excluding hydrogens is 433 g/mol. The van der Waals surface area contributed by atoms with E-state index in [4.69, 9.17) is 15.7 Å². The van der Waals surface area contributed by atoms with Crippen molar-refractivity contribution in [3.05, 3.63) is 65.0 Å². The Labute approximate surface area is 196 Å². The number of anilines is 2. The fourth-order valence-corrected chi connectivity index (χ4v) is 4.35. The first kappa shape index (κ1) is 21.9. The molecule has 34 heavy (non-hydrogen) atoms. The lowest BCUT2D eigenvalue weighted by Crippen LogP contribution is -2.30. The quantitative estimate of drug-likeness (QED) is 0.307. The molecule has 0 saturated carbocycles. The highest BCUT2D eigenvalue weighted by atomic mass is 16.4. The first-order valence-electron chi connectivity index (χ1n) is 10.9. The summed E-state index contributed by atoms with van der Waals surface area (Å²) in [5.41, 5.74) is 10.1. The van der Waals surface area contributed by atoms with Crippen LogP contribution in [0.3, 0.4) is 0 Å². The zero-order valence-electron chi connectivity index (χ0n) is 18.9. The molecule has 11 heteroatoms. The van der Waals surface area contributed by atoms with E-state index in [9.17, 15) is 14.8 Å². The Kier molecular flexibility index (Phi) is 5.42. The molecule has 5 rings (SSSR count). The molecule has 0 radical (unpaired) electrons.